The molecule has 0 aliphatic heterocycles. The lowest BCUT2D eigenvalue weighted by Crippen LogP contribution is -2.47. The van der Waals surface area contributed by atoms with Crippen LogP contribution in [0.4, 0.5) is 0 Å². The van der Waals surface area contributed by atoms with Crippen molar-refractivity contribution in [3.8, 4) is 0 Å². The number of thiocarbonyl (C=S) groups is 1. The molecule has 0 atom stereocenters. The van der Waals surface area contributed by atoms with Crippen LogP contribution >= 0.6 is 24.0 Å². The molecule has 104 valence electrons. The summed E-state index contributed by atoms with van der Waals surface area (Å²) in [6.45, 7) is 2.70. The van der Waals surface area contributed by atoms with Gasteiger partial charge in [-0.1, -0.05) is 18.2 Å². The minimum atomic E-state index is -0.189. The lowest BCUT2D eigenvalue weighted by molar-refractivity contribution is 0.0943. The fraction of sp³-hybridized carbons (Fsp3) is 0.385. The van der Waals surface area contributed by atoms with Crippen molar-refractivity contribution in [1.29, 1.82) is 0 Å². The van der Waals surface area contributed by atoms with Crippen molar-refractivity contribution in [2.45, 2.75) is 13.3 Å². The summed E-state index contributed by atoms with van der Waals surface area (Å²) >= 11 is 6.86. The van der Waals surface area contributed by atoms with Crippen LogP contribution in [0.25, 0.3) is 0 Å². The first-order chi connectivity index (χ1) is 9.15. The van der Waals surface area contributed by atoms with Gasteiger partial charge in [0.1, 0.15) is 0 Å². The van der Waals surface area contributed by atoms with E-state index in [1.54, 1.807) is 17.8 Å². The molecule has 0 aliphatic rings. The largest absolute Gasteiger partial charge is 0.361 e. The van der Waals surface area contributed by atoms with Gasteiger partial charge in [0.2, 0.25) is 0 Å². The highest BCUT2D eigenvalue weighted by molar-refractivity contribution is 7.98. The van der Waals surface area contributed by atoms with Crippen LogP contribution in [0.3, 0.4) is 0 Å². The molecule has 1 amide bonds. The zero-order valence-electron chi connectivity index (χ0n) is 11.2. The number of thioether (sulfide) groups is 1. The Hall–Kier alpha value is -1.27. The minimum Gasteiger partial charge on any atom is -0.361 e. The van der Waals surface area contributed by atoms with E-state index in [-0.39, 0.29) is 5.91 Å². The molecule has 3 N–H and O–H groups in total. The molecule has 1 rings (SSSR count). The van der Waals surface area contributed by atoms with Crippen LogP contribution in [0, 0.1) is 6.92 Å². The molecule has 19 heavy (non-hydrogen) atoms. The second-order valence-electron chi connectivity index (χ2n) is 4.00. The molecule has 0 bridgehead atoms. The van der Waals surface area contributed by atoms with Crippen molar-refractivity contribution in [2.75, 3.05) is 18.6 Å². The van der Waals surface area contributed by atoms with E-state index in [1.165, 1.54) is 0 Å². The summed E-state index contributed by atoms with van der Waals surface area (Å²) in [5, 5.41) is 3.46. The van der Waals surface area contributed by atoms with Gasteiger partial charge in [0.25, 0.3) is 5.91 Å². The Kier molecular flexibility index (Phi) is 7.28. The quantitative estimate of drug-likeness (QED) is 0.440. The second-order valence-corrected chi connectivity index (χ2v) is 5.39. The maximum Gasteiger partial charge on any atom is 0.269 e. The number of hydrazine groups is 1. The first-order valence-corrected chi connectivity index (χ1v) is 7.84. The van der Waals surface area contributed by atoms with Crippen LogP contribution in [0.2, 0.25) is 0 Å². The second kappa shape index (κ2) is 8.77. The standard InChI is InChI=1S/C13H19N3OS2/c1-10-6-3-4-7-11(10)12(17)15-16-13(18)14-8-5-9-19-2/h3-4,6-7H,5,8-9H2,1-2H3,(H,15,17)(H2,14,16,18). The summed E-state index contributed by atoms with van der Waals surface area (Å²) in [6, 6.07) is 7.41. The van der Waals surface area contributed by atoms with E-state index in [2.05, 4.69) is 22.4 Å². The Labute approximate surface area is 123 Å². The van der Waals surface area contributed by atoms with Gasteiger partial charge in [-0.3, -0.25) is 15.6 Å². The summed E-state index contributed by atoms with van der Waals surface area (Å²) in [6.07, 6.45) is 3.10. The number of aryl methyl sites for hydroxylation is 1. The zero-order valence-corrected chi connectivity index (χ0v) is 12.8. The van der Waals surface area contributed by atoms with Gasteiger partial charge < -0.3 is 5.32 Å². The van der Waals surface area contributed by atoms with Crippen LogP contribution < -0.4 is 16.2 Å². The van der Waals surface area contributed by atoms with Gasteiger partial charge in [-0.15, -0.1) is 0 Å². The molecule has 0 fully saturated rings. The van der Waals surface area contributed by atoms with Gasteiger partial charge in [-0.25, -0.2) is 0 Å². The van der Waals surface area contributed by atoms with Gasteiger partial charge >= 0.3 is 0 Å². The lowest BCUT2D eigenvalue weighted by atomic mass is 10.1. The molecule has 6 heteroatoms. The first-order valence-electron chi connectivity index (χ1n) is 6.04. The number of carbonyl (C=O) groups excluding carboxylic acids is 1. The van der Waals surface area contributed by atoms with Crippen LogP contribution in [0.5, 0.6) is 0 Å². The monoisotopic (exact) mass is 297 g/mol. The van der Waals surface area contributed by atoms with Crippen molar-refractivity contribution in [3.63, 3.8) is 0 Å². The third-order valence-corrected chi connectivity index (χ3v) is 3.43. The molecule has 0 unspecified atom stereocenters. The van der Waals surface area contributed by atoms with Crippen molar-refractivity contribution in [1.82, 2.24) is 16.2 Å². The van der Waals surface area contributed by atoms with Crippen molar-refractivity contribution in [2.24, 2.45) is 0 Å². The molecular formula is C13H19N3OS2. The average Bonchev–Trinajstić information content (AvgIpc) is 2.41. The fourth-order valence-corrected chi connectivity index (χ4v) is 2.06. The number of rotatable bonds is 5. The van der Waals surface area contributed by atoms with Crippen LogP contribution in [0.15, 0.2) is 24.3 Å². The van der Waals surface area contributed by atoms with Crippen LogP contribution in [0.1, 0.15) is 22.3 Å². The van der Waals surface area contributed by atoms with Crippen molar-refractivity contribution >= 4 is 35.0 Å². The van der Waals surface area contributed by atoms with Crippen LogP contribution in [-0.4, -0.2) is 29.6 Å². The molecule has 0 spiro atoms. The first kappa shape index (κ1) is 15.8. The third-order valence-electron chi connectivity index (χ3n) is 2.49. The van der Waals surface area contributed by atoms with Gasteiger partial charge in [0.15, 0.2) is 5.11 Å². The van der Waals surface area contributed by atoms with Gasteiger partial charge in [-0.05, 0) is 49.2 Å². The topological polar surface area (TPSA) is 53.2 Å². The van der Waals surface area contributed by atoms with E-state index in [0.29, 0.717) is 10.7 Å². The number of benzene rings is 1. The van der Waals surface area contributed by atoms with E-state index in [4.69, 9.17) is 12.2 Å². The number of amides is 1. The summed E-state index contributed by atoms with van der Waals surface area (Å²) in [4.78, 5) is 11.9. The molecule has 0 heterocycles. The Morgan fingerprint density at radius 2 is 2.05 bits per heavy atom. The average molecular weight is 297 g/mol. The number of hydrogen-bond acceptors (Lipinski definition) is 3. The molecule has 0 radical (unpaired) electrons. The molecule has 0 aliphatic carbocycles. The predicted molar refractivity (Wildman–Crippen MR) is 85.4 cm³/mol. The predicted octanol–water partition coefficient (Wildman–Crippen LogP) is 1.86. The van der Waals surface area contributed by atoms with Crippen molar-refractivity contribution < 1.29 is 4.79 Å². The van der Waals surface area contributed by atoms with Crippen molar-refractivity contribution in [3.05, 3.63) is 35.4 Å². The van der Waals surface area contributed by atoms with Gasteiger partial charge in [0, 0.05) is 12.1 Å². The van der Waals surface area contributed by atoms with E-state index < -0.39 is 0 Å². The van der Waals surface area contributed by atoms with Crippen LogP contribution in [-0.2, 0) is 0 Å². The molecule has 4 nitrogen and oxygen atoms in total. The van der Waals surface area contributed by atoms with Gasteiger partial charge in [0.05, 0.1) is 0 Å². The van der Waals surface area contributed by atoms with E-state index >= 15 is 0 Å². The van der Waals surface area contributed by atoms with E-state index in [1.807, 2.05) is 25.1 Å². The molecule has 0 saturated heterocycles. The highest BCUT2D eigenvalue weighted by Crippen LogP contribution is 2.05. The highest BCUT2D eigenvalue weighted by Gasteiger charge is 2.07. The fourth-order valence-electron chi connectivity index (χ4n) is 1.47. The highest BCUT2D eigenvalue weighted by atomic mass is 32.2. The van der Waals surface area contributed by atoms with Gasteiger partial charge in [-0.2, -0.15) is 11.8 Å². The third kappa shape index (κ3) is 5.94. The maximum atomic E-state index is 11.9. The lowest BCUT2D eigenvalue weighted by Gasteiger charge is -2.12. The summed E-state index contributed by atoms with van der Waals surface area (Å²) in [5.41, 5.74) is 6.85. The minimum absolute atomic E-state index is 0.189. The van der Waals surface area contributed by atoms with E-state index in [0.717, 1.165) is 24.3 Å². The number of hydrogen-bond donors (Lipinski definition) is 3. The molecule has 1 aromatic rings. The maximum absolute atomic E-state index is 11.9. The molecule has 0 aromatic heterocycles. The zero-order chi connectivity index (χ0) is 14.1. The molecule has 0 saturated carbocycles. The number of nitrogens with one attached hydrogen (secondary N) is 3. The SMILES string of the molecule is CSCCCNC(=S)NNC(=O)c1ccccc1C. The Bertz CT molecular complexity index is 438. The summed E-state index contributed by atoms with van der Waals surface area (Å²) in [7, 11) is 0. The molecule has 1 aromatic carbocycles. The van der Waals surface area contributed by atoms with E-state index in [9.17, 15) is 4.79 Å². The molecular weight excluding hydrogens is 278 g/mol. The number of carbonyl (C=O) groups is 1. The summed E-state index contributed by atoms with van der Waals surface area (Å²) in [5.74, 6) is 0.900. The normalized spacial score (nSPS) is 9.79. The Morgan fingerprint density at radius 3 is 2.74 bits per heavy atom. The Morgan fingerprint density at radius 1 is 1.32 bits per heavy atom. The smallest absolute Gasteiger partial charge is 0.269 e. The Balaban J connectivity index is 2.30. The summed E-state index contributed by atoms with van der Waals surface area (Å²) < 4.78 is 0.